The topological polar surface area (TPSA) is 90.4 Å². The number of rotatable bonds is 7. The normalized spacial score (nSPS) is 16.4. The molecule has 4 rings (SSSR count). The number of H-pyrrole nitrogens is 1. The number of aromatic amines is 1. The van der Waals surface area contributed by atoms with E-state index in [1.807, 2.05) is 58.9 Å². The average molecular weight is 493 g/mol. The van der Waals surface area contributed by atoms with Gasteiger partial charge in [0, 0.05) is 47.0 Å². The third-order valence-electron chi connectivity index (χ3n) is 7.63. The number of β-amino-alcohol motifs (C(OH)–C–C–N with tert-alkyl or cyclic N) is 1. The molecule has 0 saturated carbocycles. The Kier molecular flexibility index (Phi) is 7.43. The number of nitrogens with zero attached hydrogens (tertiary/aromatic N) is 2. The molecule has 1 aliphatic heterocycles. The van der Waals surface area contributed by atoms with E-state index in [0.29, 0.717) is 23.6 Å². The van der Waals surface area contributed by atoms with Crippen molar-refractivity contribution in [1.82, 2.24) is 19.8 Å². The molecular formula is C29H40N4O3. The van der Waals surface area contributed by atoms with Crippen molar-refractivity contribution in [3.63, 3.8) is 0 Å². The van der Waals surface area contributed by atoms with Crippen molar-refractivity contribution < 1.29 is 9.90 Å². The molecule has 0 radical (unpaired) electrons. The van der Waals surface area contributed by atoms with Crippen molar-refractivity contribution in [2.75, 3.05) is 19.6 Å². The lowest BCUT2D eigenvalue weighted by atomic mass is 9.89. The first-order valence-electron chi connectivity index (χ1n) is 13.0. The van der Waals surface area contributed by atoms with Crippen LogP contribution in [-0.2, 0) is 6.54 Å². The predicted octanol–water partition coefficient (Wildman–Crippen LogP) is 4.23. The zero-order valence-electron chi connectivity index (χ0n) is 22.4. The number of para-hydroxylation sites is 1. The van der Waals surface area contributed by atoms with Gasteiger partial charge in [0.2, 0.25) is 0 Å². The van der Waals surface area contributed by atoms with Crippen LogP contribution in [0.1, 0.15) is 72.5 Å². The van der Waals surface area contributed by atoms with Gasteiger partial charge in [0.25, 0.3) is 11.5 Å². The van der Waals surface area contributed by atoms with Gasteiger partial charge < -0.3 is 24.9 Å². The van der Waals surface area contributed by atoms with E-state index in [1.54, 1.807) is 0 Å². The zero-order chi connectivity index (χ0) is 26.2. The van der Waals surface area contributed by atoms with Crippen molar-refractivity contribution in [2.45, 2.75) is 72.6 Å². The Hall–Kier alpha value is -2.90. The van der Waals surface area contributed by atoms with Gasteiger partial charge in [-0.15, -0.1) is 0 Å². The van der Waals surface area contributed by atoms with Crippen LogP contribution in [-0.4, -0.2) is 50.7 Å². The number of fused-ring (bicyclic) bond motifs is 1. The third-order valence-corrected chi connectivity index (χ3v) is 7.63. The number of hydrogen-bond acceptors (Lipinski definition) is 4. The van der Waals surface area contributed by atoms with Crippen LogP contribution in [0.15, 0.2) is 35.1 Å². The molecule has 0 spiro atoms. The Bertz CT molecular complexity index is 1310. The highest BCUT2D eigenvalue weighted by Gasteiger charge is 2.30. The fraction of sp³-hybridized carbons (Fsp3) is 0.517. The number of hydrogen-bond donors (Lipinski definition) is 3. The number of aryl methyl sites for hydroxylation is 2. The maximum Gasteiger partial charge on any atom is 0.254 e. The lowest BCUT2D eigenvalue weighted by Gasteiger charge is -2.38. The van der Waals surface area contributed by atoms with E-state index in [9.17, 15) is 14.7 Å². The second-order valence-corrected chi connectivity index (χ2v) is 11.1. The van der Waals surface area contributed by atoms with Crippen molar-refractivity contribution in [3.05, 3.63) is 68.8 Å². The molecule has 2 aromatic heterocycles. The number of piperidine rings is 1. The smallest absolute Gasteiger partial charge is 0.254 e. The third kappa shape index (κ3) is 5.42. The van der Waals surface area contributed by atoms with E-state index in [1.165, 1.54) is 0 Å². The highest BCUT2D eigenvalue weighted by molar-refractivity contribution is 6.08. The first kappa shape index (κ1) is 26.2. The van der Waals surface area contributed by atoms with Crippen molar-refractivity contribution in [3.8, 4) is 0 Å². The molecule has 3 aromatic rings. The Labute approximate surface area is 213 Å². The monoisotopic (exact) mass is 492 g/mol. The number of nitrogens with one attached hydrogen (secondary N) is 2. The molecular weight excluding hydrogens is 452 g/mol. The molecule has 7 nitrogen and oxygen atoms in total. The summed E-state index contributed by atoms with van der Waals surface area (Å²) in [5.74, 6) is 0.330. The van der Waals surface area contributed by atoms with Crippen LogP contribution in [0, 0.1) is 26.7 Å². The zero-order valence-corrected chi connectivity index (χ0v) is 22.4. The van der Waals surface area contributed by atoms with E-state index in [0.717, 1.165) is 53.8 Å². The van der Waals surface area contributed by atoms with Gasteiger partial charge in [0.1, 0.15) is 0 Å². The molecule has 1 saturated heterocycles. The number of carbonyl (C=O) groups excluding carboxylic acids is 1. The van der Waals surface area contributed by atoms with Crippen LogP contribution in [0.3, 0.4) is 0 Å². The summed E-state index contributed by atoms with van der Waals surface area (Å²) in [5, 5.41) is 14.1. The maximum atomic E-state index is 13.5. The molecule has 0 aliphatic carbocycles. The van der Waals surface area contributed by atoms with E-state index in [2.05, 4.69) is 32.8 Å². The molecule has 0 bridgehead atoms. The Morgan fingerprint density at radius 2 is 1.86 bits per heavy atom. The van der Waals surface area contributed by atoms with Gasteiger partial charge in [-0.2, -0.15) is 0 Å². The highest BCUT2D eigenvalue weighted by Crippen LogP contribution is 2.36. The number of amides is 1. The van der Waals surface area contributed by atoms with Crippen molar-refractivity contribution >= 4 is 16.8 Å². The molecule has 1 aliphatic rings. The minimum atomic E-state index is -0.685. The first-order chi connectivity index (χ1) is 17.0. The minimum absolute atomic E-state index is 0.156. The van der Waals surface area contributed by atoms with Gasteiger partial charge >= 0.3 is 0 Å². The number of aromatic nitrogens is 2. The summed E-state index contributed by atoms with van der Waals surface area (Å²) in [4.78, 5) is 31.1. The summed E-state index contributed by atoms with van der Waals surface area (Å²) < 4.78 is 2.32. The Balaban J connectivity index is 1.57. The predicted molar refractivity (Wildman–Crippen MR) is 145 cm³/mol. The second-order valence-electron chi connectivity index (χ2n) is 11.1. The quantitative estimate of drug-likeness (QED) is 0.460. The number of aliphatic hydroxyl groups is 1. The molecule has 1 aromatic carbocycles. The standard InChI is InChI=1S/C29H40N4O3/c1-18-15-19(2)31-27(34)24(18)16-30-28(35)26-21(4)33(25-10-8-7-9-23(25)26)20(3)22-11-13-32(14-12-22)17-29(5,6)36/h7-10,15,20,22,36H,11-14,16-17H2,1-6H3,(H,30,35)(H,31,34)/t20-/m0/s1. The molecule has 194 valence electrons. The number of pyridine rings is 1. The lowest BCUT2D eigenvalue weighted by Crippen LogP contribution is -2.43. The summed E-state index contributed by atoms with van der Waals surface area (Å²) >= 11 is 0. The Morgan fingerprint density at radius 1 is 1.19 bits per heavy atom. The fourth-order valence-electron chi connectivity index (χ4n) is 5.91. The molecule has 1 fully saturated rings. The molecule has 1 atom stereocenters. The second kappa shape index (κ2) is 10.2. The maximum absolute atomic E-state index is 13.5. The van der Waals surface area contributed by atoms with Gasteiger partial charge in [0.05, 0.1) is 11.2 Å². The molecule has 0 unspecified atom stereocenters. The molecule has 7 heteroatoms. The largest absolute Gasteiger partial charge is 0.389 e. The van der Waals surface area contributed by atoms with Crippen LogP contribution in [0.25, 0.3) is 10.9 Å². The van der Waals surface area contributed by atoms with E-state index >= 15 is 0 Å². The lowest BCUT2D eigenvalue weighted by molar-refractivity contribution is 0.0214. The fourth-order valence-corrected chi connectivity index (χ4v) is 5.91. The summed E-state index contributed by atoms with van der Waals surface area (Å²) in [6.07, 6.45) is 2.11. The number of carbonyl (C=O) groups is 1. The Morgan fingerprint density at radius 3 is 2.50 bits per heavy atom. The van der Waals surface area contributed by atoms with E-state index in [4.69, 9.17) is 0 Å². The van der Waals surface area contributed by atoms with Crippen LogP contribution < -0.4 is 10.9 Å². The van der Waals surface area contributed by atoms with Crippen LogP contribution in [0.2, 0.25) is 0 Å². The summed E-state index contributed by atoms with van der Waals surface area (Å²) in [5.41, 5.74) is 4.13. The van der Waals surface area contributed by atoms with E-state index in [-0.39, 0.29) is 24.1 Å². The molecule has 3 N–H and O–H groups in total. The van der Waals surface area contributed by atoms with Crippen molar-refractivity contribution in [2.24, 2.45) is 5.92 Å². The average Bonchev–Trinajstić information content (AvgIpc) is 3.09. The van der Waals surface area contributed by atoms with E-state index < -0.39 is 5.60 Å². The van der Waals surface area contributed by atoms with Gasteiger partial charge in [-0.05, 0) is 91.1 Å². The summed E-state index contributed by atoms with van der Waals surface area (Å²) in [7, 11) is 0. The van der Waals surface area contributed by atoms with Gasteiger partial charge in [0.15, 0.2) is 0 Å². The minimum Gasteiger partial charge on any atom is -0.389 e. The van der Waals surface area contributed by atoms with Crippen LogP contribution in [0.4, 0.5) is 0 Å². The van der Waals surface area contributed by atoms with Crippen LogP contribution >= 0.6 is 0 Å². The SMILES string of the molecule is Cc1cc(C)c(CNC(=O)c2c(C)n([C@@H](C)C3CCN(CC(C)(C)O)CC3)c3ccccc23)c(=O)[nH]1. The first-order valence-corrected chi connectivity index (χ1v) is 13.0. The molecule has 36 heavy (non-hydrogen) atoms. The summed E-state index contributed by atoms with van der Waals surface area (Å²) in [6.45, 7) is 14.6. The number of likely N-dealkylation sites (tertiary alicyclic amines) is 1. The molecule has 3 heterocycles. The van der Waals surface area contributed by atoms with Gasteiger partial charge in [-0.3, -0.25) is 9.59 Å². The highest BCUT2D eigenvalue weighted by atomic mass is 16.3. The van der Waals surface area contributed by atoms with Gasteiger partial charge in [-0.1, -0.05) is 18.2 Å². The van der Waals surface area contributed by atoms with Gasteiger partial charge in [-0.25, -0.2) is 0 Å². The van der Waals surface area contributed by atoms with Crippen molar-refractivity contribution in [1.29, 1.82) is 0 Å². The summed E-state index contributed by atoms with van der Waals surface area (Å²) in [6, 6.07) is 10.3. The number of benzene rings is 1. The van der Waals surface area contributed by atoms with Crippen LogP contribution in [0.5, 0.6) is 0 Å². The molecule has 1 amide bonds.